The number of amides is 1. The number of aromatic nitrogens is 2. The molecule has 0 saturated carbocycles. The quantitative estimate of drug-likeness (QED) is 0.0190. The lowest BCUT2D eigenvalue weighted by molar-refractivity contribution is -0.121. The molecule has 1 aromatic heterocycles. The number of aromatic amines is 1. The van der Waals surface area contributed by atoms with Crippen LogP contribution in [0.5, 0.6) is 0 Å². The van der Waals surface area contributed by atoms with E-state index in [1.807, 2.05) is 80.6 Å². The minimum Gasteiger partial charge on any atom is -0.748 e. The van der Waals surface area contributed by atoms with Gasteiger partial charge in [-0.3, -0.25) is 28.2 Å². The maximum Gasteiger partial charge on any atom is 0.490 e. The third-order valence-electron chi connectivity index (χ3n) is 13.6. The molecule has 2 aromatic carbocycles. The molecule has 0 radical (unpaired) electrons. The summed E-state index contributed by atoms with van der Waals surface area (Å²) >= 11 is 0. The van der Waals surface area contributed by atoms with Gasteiger partial charge in [0.2, 0.25) is 11.3 Å². The van der Waals surface area contributed by atoms with E-state index in [2.05, 4.69) is 53.7 Å². The summed E-state index contributed by atoms with van der Waals surface area (Å²) in [4.78, 5) is 79.1. The number of allylic oxidation sites excluding steroid dienone is 3. The summed E-state index contributed by atoms with van der Waals surface area (Å²) in [5.74, 6) is 5.36. The number of ether oxygens (including phenoxy) is 1. The summed E-state index contributed by atoms with van der Waals surface area (Å²) in [6, 6.07) is 19.7. The van der Waals surface area contributed by atoms with Crippen molar-refractivity contribution >= 4 is 61.4 Å². The van der Waals surface area contributed by atoms with Gasteiger partial charge in [-0.2, -0.15) is 17.0 Å². The zero-order valence-electron chi connectivity index (χ0n) is 44.6. The van der Waals surface area contributed by atoms with Crippen LogP contribution in [-0.4, -0.2) is 106 Å². The van der Waals surface area contributed by atoms with Crippen molar-refractivity contribution in [1.82, 2.24) is 19.4 Å². The molecule has 31 heteroatoms. The number of hydrogen-bond acceptors (Lipinski definition) is 17. The van der Waals surface area contributed by atoms with Gasteiger partial charge in [-0.05, 0) is 101 Å². The first-order chi connectivity index (χ1) is 38.4. The van der Waals surface area contributed by atoms with E-state index in [1.54, 1.807) is 4.90 Å². The smallest absolute Gasteiger partial charge is 0.490 e. The Morgan fingerprint density at radius 3 is 2.37 bits per heavy atom. The summed E-state index contributed by atoms with van der Waals surface area (Å²) in [7, 11) is -26.2. The van der Waals surface area contributed by atoms with Crippen molar-refractivity contribution < 1.29 is 86.3 Å². The summed E-state index contributed by atoms with van der Waals surface area (Å²) in [6.07, 6.45) is 4.89. The molecule has 82 heavy (non-hydrogen) atoms. The average molecular weight is 1240 g/mol. The second kappa shape index (κ2) is 25.9. The Balaban J connectivity index is 1.11. The van der Waals surface area contributed by atoms with Crippen LogP contribution in [0.25, 0.3) is 28.7 Å². The first-order valence-electron chi connectivity index (χ1n) is 25.4. The van der Waals surface area contributed by atoms with E-state index in [0.29, 0.717) is 28.5 Å². The predicted molar refractivity (Wildman–Crippen MR) is 297 cm³/mol. The Labute approximate surface area is 471 Å². The van der Waals surface area contributed by atoms with Gasteiger partial charge in [-0.1, -0.05) is 54.3 Å². The molecule has 3 unspecified atom stereocenters. The molecule has 5 atom stereocenters. The average Bonchev–Trinajstić information content (AvgIpc) is 4.16. The number of benzene rings is 3. The van der Waals surface area contributed by atoms with E-state index < -0.39 is 95.9 Å². The van der Waals surface area contributed by atoms with E-state index in [0.717, 1.165) is 51.5 Å². The SMILES string of the molecule is CC[N+](CC)=c1ccc2c(/C=C/C=C3\N(CCCS(=O)(=O)[O-])c4ccc(S(=O)(=O)O)cc4C3(C)CCCC(=O)NCC#Cc3cn([C@H]4CC[C@@H](COP(=O)(O)OP(=O)(O)OP(=O)(O)O)O4)c(=O)[nH]c3=O)c(C)c(-c3ccccc3)oc-2c1. The largest absolute Gasteiger partial charge is 0.748 e. The second-order valence-corrected chi connectivity index (χ2v) is 26.5. The molecule has 3 aliphatic heterocycles. The maximum atomic E-state index is 13.4. The van der Waals surface area contributed by atoms with Crippen LogP contribution < -0.4 is 31.4 Å². The molecule has 7 N–H and O–H groups in total. The number of H-pyrrole nitrogens is 1. The summed E-state index contributed by atoms with van der Waals surface area (Å²) in [5, 5.41) is 3.63. The Kier molecular flexibility index (Phi) is 20.1. The maximum absolute atomic E-state index is 13.4. The van der Waals surface area contributed by atoms with Gasteiger partial charge in [0.25, 0.3) is 15.7 Å². The minimum absolute atomic E-state index is 0.0164. The lowest BCUT2D eigenvalue weighted by atomic mass is 9.77. The van der Waals surface area contributed by atoms with Gasteiger partial charge >= 0.3 is 29.2 Å². The normalized spacial score (nSPS) is 19.4. The fourth-order valence-electron chi connectivity index (χ4n) is 9.78. The highest BCUT2D eigenvalue weighted by Gasteiger charge is 2.44. The highest BCUT2D eigenvalue weighted by Crippen LogP contribution is 2.66. The topological polar surface area (TPSA) is 384 Å². The van der Waals surface area contributed by atoms with Crippen molar-refractivity contribution in [2.45, 2.75) is 88.9 Å². The molecule has 0 spiro atoms. The molecule has 1 aliphatic carbocycles. The summed E-state index contributed by atoms with van der Waals surface area (Å²) < 4.78 is 133. The molecule has 1 fully saturated rings. The van der Waals surface area contributed by atoms with E-state index in [-0.39, 0.29) is 57.2 Å². The lowest BCUT2D eigenvalue weighted by Gasteiger charge is -2.30. The van der Waals surface area contributed by atoms with Crippen molar-refractivity contribution in [3.05, 3.63) is 139 Å². The number of anilines is 1. The molecule has 442 valence electrons. The molecular formula is C51H60N5O21P3S2. The number of nitrogens with one attached hydrogen (secondary N) is 2. The number of rotatable bonds is 23. The van der Waals surface area contributed by atoms with Crippen LogP contribution in [0.4, 0.5) is 5.69 Å². The monoisotopic (exact) mass is 1240 g/mol. The van der Waals surface area contributed by atoms with Crippen molar-refractivity contribution in [1.29, 1.82) is 0 Å². The van der Waals surface area contributed by atoms with Crippen molar-refractivity contribution in [3.63, 3.8) is 0 Å². The number of nitrogens with zero attached hydrogens (tertiary/aromatic N) is 3. The standard InChI is InChI=1S/C51H60N5O21P3S2/c1-5-54(6-2)37-20-23-41-40(34(3)48(75-44(41)30-37)35-14-8-7-9-15-35)17-10-18-45-51(4,42-31-39(82(70,71)72)22-24-43(42)55(45)28-13-29-81(67,68)69)26-11-19-46(57)52-27-12-16-36-32-56(50(59)53-49(36)58)47-25-21-38(74-47)33-73-79(63,64)77-80(65,66)76-78(60,61)62/h7-10,14-15,17-18,20,22-24,30-32,38,47H,5-6,11,13,19,21,25-29,33H2,1-4H3,(H7-,52,53,57,58,59,60,61,62,63,64,65,66,67,68,69,70,71,72)/t38-,47+,51?/m0/s1. The van der Waals surface area contributed by atoms with Gasteiger partial charge in [0, 0.05) is 64.5 Å². The van der Waals surface area contributed by atoms with Crippen LogP contribution in [0.2, 0.25) is 0 Å². The van der Waals surface area contributed by atoms with Crippen molar-refractivity contribution in [2.24, 2.45) is 0 Å². The first kappa shape index (κ1) is 63.6. The van der Waals surface area contributed by atoms with E-state index >= 15 is 0 Å². The van der Waals surface area contributed by atoms with Crippen LogP contribution in [0, 0.1) is 18.8 Å². The molecule has 7 rings (SSSR count). The van der Waals surface area contributed by atoms with E-state index in [9.17, 15) is 63.8 Å². The van der Waals surface area contributed by atoms with Crippen LogP contribution in [0.15, 0.2) is 110 Å². The first-order valence-corrected chi connectivity index (χ1v) is 32.9. The van der Waals surface area contributed by atoms with Crippen LogP contribution in [0.1, 0.15) is 87.8 Å². The lowest BCUT2D eigenvalue weighted by Crippen LogP contribution is -2.34. The molecule has 1 amide bonds. The Morgan fingerprint density at radius 1 is 0.976 bits per heavy atom. The van der Waals surface area contributed by atoms with Crippen LogP contribution in [0.3, 0.4) is 0 Å². The van der Waals surface area contributed by atoms with Crippen LogP contribution >= 0.6 is 23.5 Å². The van der Waals surface area contributed by atoms with Gasteiger partial charge in [-0.25, -0.2) is 31.5 Å². The number of hydrogen-bond donors (Lipinski definition) is 7. The molecule has 26 nitrogen and oxygen atoms in total. The third kappa shape index (κ3) is 16.2. The van der Waals surface area contributed by atoms with Gasteiger partial charge in [0.1, 0.15) is 36.4 Å². The number of phosphoric ester groups is 1. The number of phosphoric acid groups is 3. The van der Waals surface area contributed by atoms with Gasteiger partial charge < -0.3 is 43.5 Å². The summed E-state index contributed by atoms with van der Waals surface area (Å²) in [6.45, 7) is 8.43. The highest BCUT2D eigenvalue weighted by atomic mass is 32.2. The zero-order valence-corrected chi connectivity index (χ0v) is 48.9. The number of fused-ring (bicyclic) bond motifs is 2. The molecule has 3 aromatic rings. The number of carbonyl (C=O) groups is 1. The third-order valence-corrected chi connectivity index (χ3v) is 19.0. The number of carbonyl (C=O) groups excluding carboxylic acids is 1. The van der Waals surface area contributed by atoms with Crippen molar-refractivity contribution in [2.75, 3.05) is 43.4 Å². The van der Waals surface area contributed by atoms with Crippen LogP contribution in [-0.2, 0) is 62.0 Å². The fraction of sp³-hybridized carbons (Fsp3) is 0.373. The van der Waals surface area contributed by atoms with Gasteiger partial charge in [-0.15, -0.1) is 0 Å². The second-order valence-electron chi connectivity index (χ2n) is 19.2. The van der Waals surface area contributed by atoms with Gasteiger partial charge in [0.15, 0.2) is 0 Å². The molecule has 1 saturated heterocycles. The highest BCUT2D eigenvalue weighted by molar-refractivity contribution is 7.86. The molecule has 4 aliphatic rings. The van der Waals surface area contributed by atoms with E-state index in [4.69, 9.17) is 18.9 Å². The predicted octanol–water partition coefficient (Wildman–Crippen LogP) is 5.24. The molecule has 4 heterocycles. The molecule has 0 bridgehead atoms. The Hall–Kier alpha value is -5.95. The van der Waals surface area contributed by atoms with Crippen molar-refractivity contribution in [3.8, 4) is 34.5 Å². The van der Waals surface area contributed by atoms with E-state index in [1.165, 1.54) is 18.2 Å². The Bertz CT molecular complexity index is 3920. The Morgan fingerprint density at radius 2 is 1.70 bits per heavy atom. The van der Waals surface area contributed by atoms with Gasteiger partial charge in [0.05, 0.1) is 40.3 Å². The minimum atomic E-state index is -5.77. The molecular weight excluding hydrogens is 1180 g/mol. The summed E-state index contributed by atoms with van der Waals surface area (Å²) in [5.41, 5.74) is 1.73. The zero-order chi connectivity index (χ0) is 60.0. The fourth-order valence-corrected chi connectivity index (χ4v) is 13.8.